The minimum Gasteiger partial charge on any atom is -0.333 e. The van der Waals surface area contributed by atoms with E-state index in [1.165, 1.54) is 5.56 Å². The molecule has 6 nitrogen and oxygen atoms in total. The largest absolute Gasteiger partial charge is 0.333 e. The Hall–Kier alpha value is -3.12. The van der Waals surface area contributed by atoms with Crippen molar-refractivity contribution in [3.8, 4) is 0 Å². The van der Waals surface area contributed by atoms with Crippen LogP contribution in [0, 0.1) is 0 Å². The molecule has 2 heterocycles. The fourth-order valence-electron chi connectivity index (χ4n) is 3.20. The monoisotopic (exact) mass is 380 g/mol. The predicted molar refractivity (Wildman–Crippen MR) is 103 cm³/mol. The fraction of sp³-hybridized carbons (Fsp3) is 0.150. The molecule has 0 atom stereocenters. The summed E-state index contributed by atoms with van der Waals surface area (Å²) in [5.74, 6) is -0.342. The zero-order valence-corrected chi connectivity index (χ0v) is 15.2. The van der Waals surface area contributed by atoms with Crippen molar-refractivity contribution in [1.29, 1.82) is 0 Å². The lowest BCUT2D eigenvalue weighted by atomic mass is 9.98. The standard InChI is InChI=1S/C20H17ClN4O2/c21-17-4-2-1-3-16(17)19(26)23-15-6-5-13-8-10-25(12-14(13)11-15)20(27)18-7-9-22-24-18/h1-7,9,11H,8,10,12H2,(H,22,24)(H,23,26). The number of aromatic amines is 1. The number of hydrogen-bond acceptors (Lipinski definition) is 3. The van der Waals surface area contributed by atoms with Gasteiger partial charge in [0.05, 0.1) is 10.6 Å². The highest BCUT2D eigenvalue weighted by Crippen LogP contribution is 2.24. The van der Waals surface area contributed by atoms with Crippen LogP contribution in [0.4, 0.5) is 5.69 Å². The summed E-state index contributed by atoms with van der Waals surface area (Å²) < 4.78 is 0. The van der Waals surface area contributed by atoms with E-state index >= 15 is 0 Å². The highest BCUT2D eigenvalue weighted by Gasteiger charge is 2.23. The molecule has 2 amide bonds. The first kappa shape index (κ1) is 17.3. The van der Waals surface area contributed by atoms with Crippen LogP contribution in [0.25, 0.3) is 0 Å². The summed E-state index contributed by atoms with van der Waals surface area (Å²) >= 11 is 6.09. The lowest BCUT2D eigenvalue weighted by Crippen LogP contribution is -2.36. The second-order valence-electron chi connectivity index (χ2n) is 6.36. The van der Waals surface area contributed by atoms with E-state index in [0.717, 1.165) is 12.0 Å². The number of carbonyl (C=O) groups is 2. The van der Waals surface area contributed by atoms with Gasteiger partial charge in [-0.2, -0.15) is 5.10 Å². The summed E-state index contributed by atoms with van der Waals surface area (Å²) in [4.78, 5) is 26.8. The summed E-state index contributed by atoms with van der Waals surface area (Å²) in [5.41, 5.74) is 3.77. The van der Waals surface area contributed by atoms with Gasteiger partial charge in [0.1, 0.15) is 5.69 Å². The van der Waals surface area contributed by atoms with Crippen LogP contribution in [-0.4, -0.2) is 33.5 Å². The van der Waals surface area contributed by atoms with Crippen LogP contribution < -0.4 is 5.32 Å². The predicted octanol–water partition coefficient (Wildman–Crippen LogP) is 3.51. The van der Waals surface area contributed by atoms with E-state index in [4.69, 9.17) is 11.6 Å². The molecule has 0 saturated heterocycles. The van der Waals surface area contributed by atoms with Crippen molar-refractivity contribution in [2.75, 3.05) is 11.9 Å². The Morgan fingerprint density at radius 1 is 1.11 bits per heavy atom. The molecule has 0 spiro atoms. The van der Waals surface area contributed by atoms with Gasteiger partial charge in [-0.05, 0) is 47.9 Å². The molecule has 0 fully saturated rings. The van der Waals surface area contributed by atoms with E-state index in [9.17, 15) is 9.59 Å². The molecule has 0 bridgehead atoms. The van der Waals surface area contributed by atoms with Gasteiger partial charge in [0.25, 0.3) is 11.8 Å². The third kappa shape index (κ3) is 3.57. The molecule has 7 heteroatoms. The molecule has 1 aliphatic rings. The summed E-state index contributed by atoms with van der Waals surface area (Å²) in [6.45, 7) is 1.14. The Labute approximate surface area is 161 Å². The van der Waals surface area contributed by atoms with Crippen molar-refractivity contribution in [3.63, 3.8) is 0 Å². The van der Waals surface area contributed by atoms with Crippen LogP contribution in [0.15, 0.2) is 54.7 Å². The Balaban J connectivity index is 1.52. The SMILES string of the molecule is O=C(Nc1ccc2c(c1)CN(C(=O)c1ccn[nH]1)CC2)c1ccccc1Cl. The number of rotatable bonds is 3. The first-order valence-electron chi connectivity index (χ1n) is 8.58. The normalized spacial score (nSPS) is 13.1. The Morgan fingerprint density at radius 3 is 2.74 bits per heavy atom. The van der Waals surface area contributed by atoms with Crippen LogP contribution in [-0.2, 0) is 13.0 Å². The van der Waals surface area contributed by atoms with Crippen LogP contribution in [0.1, 0.15) is 32.0 Å². The number of carbonyl (C=O) groups excluding carboxylic acids is 2. The summed E-state index contributed by atoms with van der Waals surface area (Å²) in [6, 6.07) is 14.4. The van der Waals surface area contributed by atoms with E-state index in [1.807, 2.05) is 18.2 Å². The first-order chi connectivity index (χ1) is 13.1. The zero-order valence-electron chi connectivity index (χ0n) is 14.4. The molecular formula is C20H17ClN4O2. The maximum Gasteiger partial charge on any atom is 0.272 e. The molecule has 27 heavy (non-hydrogen) atoms. The molecule has 3 aromatic rings. The van der Waals surface area contributed by atoms with Crippen LogP contribution in [0.3, 0.4) is 0 Å². The van der Waals surface area contributed by atoms with Crippen molar-refractivity contribution in [2.45, 2.75) is 13.0 Å². The van der Waals surface area contributed by atoms with E-state index in [0.29, 0.717) is 35.1 Å². The molecule has 2 aromatic carbocycles. The number of H-pyrrole nitrogens is 1. The number of nitrogens with one attached hydrogen (secondary N) is 2. The van der Waals surface area contributed by atoms with E-state index < -0.39 is 0 Å². The van der Waals surface area contributed by atoms with E-state index in [1.54, 1.807) is 41.4 Å². The highest BCUT2D eigenvalue weighted by molar-refractivity contribution is 6.34. The molecule has 4 rings (SSSR count). The quantitative estimate of drug-likeness (QED) is 0.729. The number of halogens is 1. The molecule has 0 saturated carbocycles. The summed E-state index contributed by atoms with van der Waals surface area (Å²) in [5, 5.41) is 9.83. The molecular weight excluding hydrogens is 364 g/mol. The van der Waals surface area contributed by atoms with Gasteiger partial charge in [0.15, 0.2) is 0 Å². The van der Waals surface area contributed by atoms with Gasteiger partial charge in [0.2, 0.25) is 0 Å². The van der Waals surface area contributed by atoms with Gasteiger partial charge in [0, 0.05) is 25.0 Å². The van der Waals surface area contributed by atoms with Crippen LogP contribution in [0.2, 0.25) is 5.02 Å². The fourth-order valence-corrected chi connectivity index (χ4v) is 3.42. The summed E-state index contributed by atoms with van der Waals surface area (Å²) in [7, 11) is 0. The number of hydrogen-bond donors (Lipinski definition) is 2. The van der Waals surface area contributed by atoms with Crippen molar-refractivity contribution in [3.05, 3.63) is 82.1 Å². The number of fused-ring (bicyclic) bond motifs is 1. The topological polar surface area (TPSA) is 78.1 Å². The minimum absolute atomic E-state index is 0.0799. The number of aromatic nitrogens is 2. The van der Waals surface area contributed by atoms with Gasteiger partial charge < -0.3 is 10.2 Å². The van der Waals surface area contributed by atoms with Gasteiger partial charge in [-0.3, -0.25) is 14.7 Å². The third-order valence-corrected chi connectivity index (χ3v) is 4.94. The lowest BCUT2D eigenvalue weighted by Gasteiger charge is -2.29. The maximum absolute atomic E-state index is 12.5. The minimum atomic E-state index is -0.262. The van der Waals surface area contributed by atoms with Gasteiger partial charge in [-0.1, -0.05) is 29.8 Å². The Morgan fingerprint density at radius 2 is 1.96 bits per heavy atom. The molecule has 0 unspecified atom stereocenters. The Bertz CT molecular complexity index is 1000. The average Bonchev–Trinajstić information content (AvgIpc) is 3.22. The van der Waals surface area contributed by atoms with Crippen molar-refractivity contribution >= 4 is 29.1 Å². The third-order valence-electron chi connectivity index (χ3n) is 4.61. The number of amides is 2. The van der Waals surface area contributed by atoms with E-state index in [-0.39, 0.29) is 11.8 Å². The van der Waals surface area contributed by atoms with Gasteiger partial charge in [-0.15, -0.1) is 0 Å². The number of anilines is 1. The second-order valence-corrected chi connectivity index (χ2v) is 6.77. The molecule has 1 aromatic heterocycles. The zero-order chi connectivity index (χ0) is 18.8. The molecule has 136 valence electrons. The lowest BCUT2D eigenvalue weighted by molar-refractivity contribution is 0.0728. The van der Waals surface area contributed by atoms with Crippen LogP contribution >= 0.6 is 11.6 Å². The van der Waals surface area contributed by atoms with Gasteiger partial charge >= 0.3 is 0 Å². The van der Waals surface area contributed by atoms with E-state index in [2.05, 4.69) is 15.5 Å². The molecule has 2 N–H and O–H groups in total. The molecule has 0 aliphatic carbocycles. The second kappa shape index (κ2) is 7.25. The molecule has 1 aliphatic heterocycles. The van der Waals surface area contributed by atoms with Crippen molar-refractivity contribution in [2.24, 2.45) is 0 Å². The number of benzene rings is 2. The van der Waals surface area contributed by atoms with Crippen molar-refractivity contribution < 1.29 is 9.59 Å². The van der Waals surface area contributed by atoms with Crippen LogP contribution in [0.5, 0.6) is 0 Å². The average molecular weight is 381 g/mol. The van der Waals surface area contributed by atoms with Gasteiger partial charge in [-0.25, -0.2) is 0 Å². The Kier molecular flexibility index (Phi) is 4.64. The maximum atomic E-state index is 12.5. The summed E-state index contributed by atoms with van der Waals surface area (Å²) in [6.07, 6.45) is 2.33. The van der Waals surface area contributed by atoms with Crippen molar-refractivity contribution in [1.82, 2.24) is 15.1 Å². The smallest absolute Gasteiger partial charge is 0.272 e. The first-order valence-corrected chi connectivity index (χ1v) is 8.96. The molecule has 0 radical (unpaired) electrons. The highest BCUT2D eigenvalue weighted by atomic mass is 35.5. The number of nitrogens with zero attached hydrogens (tertiary/aromatic N) is 2.